The van der Waals surface area contributed by atoms with Crippen LogP contribution in [0.15, 0.2) is 24.5 Å². The van der Waals surface area contributed by atoms with E-state index in [-0.39, 0.29) is 6.03 Å². The van der Waals surface area contributed by atoms with Crippen LogP contribution in [0.3, 0.4) is 0 Å². The molecule has 0 atom stereocenters. The predicted molar refractivity (Wildman–Crippen MR) is 82.3 cm³/mol. The Morgan fingerprint density at radius 2 is 2.00 bits per heavy atom. The van der Waals surface area contributed by atoms with E-state index in [0.29, 0.717) is 6.54 Å². The first kappa shape index (κ1) is 15.0. The fourth-order valence-electron chi connectivity index (χ4n) is 2.21. The van der Waals surface area contributed by atoms with Crippen molar-refractivity contribution in [3.05, 3.63) is 41.5 Å². The molecule has 0 aliphatic heterocycles. The summed E-state index contributed by atoms with van der Waals surface area (Å²) in [6.45, 7) is 7.24. The molecule has 0 radical (unpaired) electrons. The maximum atomic E-state index is 11.9. The Bertz CT molecular complexity index is 606. The first-order chi connectivity index (χ1) is 10.1. The van der Waals surface area contributed by atoms with E-state index < -0.39 is 0 Å². The summed E-state index contributed by atoms with van der Waals surface area (Å²) in [6, 6.07) is 3.68. The lowest BCUT2D eigenvalue weighted by molar-refractivity contribution is 0.252. The maximum absolute atomic E-state index is 11.9. The highest BCUT2D eigenvalue weighted by atomic mass is 16.2. The number of pyridine rings is 1. The van der Waals surface area contributed by atoms with Crippen LogP contribution in [0, 0.1) is 13.8 Å². The Morgan fingerprint density at radius 3 is 2.62 bits per heavy atom. The minimum atomic E-state index is -0.203. The van der Waals surface area contributed by atoms with E-state index in [1.165, 1.54) is 0 Å². The van der Waals surface area contributed by atoms with Gasteiger partial charge in [0.05, 0.1) is 17.1 Å². The van der Waals surface area contributed by atoms with Gasteiger partial charge in [0, 0.05) is 25.5 Å². The smallest absolute Gasteiger partial charge is 0.319 e. The minimum Gasteiger partial charge on any atom is -0.338 e. The molecule has 0 aromatic carbocycles. The predicted octanol–water partition coefficient (Wildman–Crippen LogP) is 2.28. The van der Waals surface area contributed by atoms with Crippen LogP contribution in [0.4, 0.5) is 10.5 Å². The third-order valence-electron chi connectivity index (χ3n) is 3.37. The van der Waals surface area contributed by atoms with Crippen LogP contribution in [-0.4, -0.2) is 27.3 Å². The van der Waals surface area contributed by atoms with Crippen molar-refractivity contribution in [1.82, 2.24) is 20.1 Å². The molecule has 0 aliphatic rings. The largest absolute Gasteiger partial charge is 0.338 e. The summed E-state index contributed by atoms with van der Waals surface area (Å²) in [5.74, 6) is 0. The van der Waals surface area contributed by atoms with Crippen LogP contribution in [0.2, 0.25) is 0 Å². The molecule has 0 aliphatic carbocycles. The lowest BCUT2D eigenvalue weighted by Crippen LogP contribution is -2.30. The Kier molecular flexibility index (Phi) is 4.92. The van der Waals surface area contributed by atoms with E-state index in [1.54, 1.807) is 12.4 Å². The molecule has 0 saturated heterocycles. The second-order valence-electron chi connectivity index (χ2n) is 4.85. The number of carbonyl (C=O) groups is 1. The van der Waals surface area contributed by atoms with Gasteiger partial charge in [0.15, 0.2) is 0 Å². The monoisotopic (exact) mass is 287 g/mol. The van der Waals surface area contributed by atoms with Gasteiger partial charge in [-0.3, -0.25) is 9.67 Å². The summed E-state index contributed by atoms with van der Waals surface area (Å²) >= 11 is 0. The van der Waals surface area contributed by atoms with Gasteiger partial charge in [0.25, 0.3) is 0 Å². The number of amides is 2. The van der Waals surface area contributed by atoms with Crippen molar-refractivity contribution in [2.24, 2.45) is 0 Å². The number of nitrogens with one attached hydrogen (secondary N) is 2. The number of urea groups is 1. The molecule has 21 heavy (non-hydrogen) atoms. The van der Waals surface area contributed by atoms with E-state index in [4.69, 9.17) is 0 Å². The molecule has 2 aromatic heterocycles. The molecule has 6 nitrogen and oxygen atoms in total. The molecule has 2 amide bonds. The number of hydrogen-bond acceptors (Lipinski definition) is 3. The van der Waals surface area contributed by atoms with Crippen LogP contribution in [0.5, 0.6) is 0 Å². The van der Waals surface area contributed by atoms with Crippen molar-refractivity contribution in [2.45, 2.75) is 33.7 Å². The van der Waals surface area contributed by atoms with Gasteiger partial charge in [-0.1, -0.05) is 0 Å². The van der Waals surface area contributed by atoms with Gasteiger partial charge < -0.3 is 10.6 Å². The average molecular weight is 287 g/mol. The molecule has 2 rings (SSSR count). The molecule has 0 fully saturated rings. The van der Waals surface area contributed by atoms with E-state index in [2.05, 4.69) is 20.7 Å². The highest BCUT2D eigenvalue weighted by molar-refractivity contribution is 5.90. The van der Waals surface area contributed by atoms with Crippen molar-refractivity contribution in [1.29, 1.82) is 0 Å². The van der Waals surface area contributed by atoms with Gasteiger partial charge in [0.2, 0.25) is 0 Å². The first-order valence-corrected chi connectivity index (χ1v) is 7.09. The van der Waals surface area contributed by atoms with Gasteiger partial charge in [-0.2, -0.15) is 5.10 Å². The van der Waals surface area contributed by atoms with Crippen molar-refractivity contribution >= 4 is 11.7 Å². The Balaban J connectivity index is 1.86. The fraction of sp³-hybridized carbons (Fsp3) is 0.400. The summed E-state index contributed by atoms with van der Waals surface area (Å²) in [7, 11) is 0. The lowest BCUT2D eigenvalue weighted by Gasteiger charge is -2.08. The summed E-state index contributed by atoms with van der Waals surface area (Å²) in [5.41, 5.74) is 3.74. The number of hydrogen-bond donors (Lipinski definition) is 2. The molecule has 2 N–H and O–H groups in total. The summed E-state index contributed by atoms with van der Waals surface area (Å²) in [4.78, 5) is 15.9. The third kappa shape index (κ3) is 3.81. The van der Waals surface area contributed by atoms with Gasteiger partial charge in [0.1, 0.15) is 0 Å². The SMILES string of the molecule is CCn1nc(C)c(NC(=O)NCCc2ccncc2)c1C. The van der Waals surface area contributed by atoms with Gasteiger partial charge in [-0.05, 0) is 44.9 Å². The standard InChI is InChI=1S/C15H21N5O/c1-4-20-12(3)14(11(2)19-20)18-15(21)17-10-7-13-5-8-16-9-6-13/h5-6,8-9H,4,7,10H2,1-3H3,(H2,17,18,21). The summed E-state index contributed by atoms with van der Waals surface area (Å²) < 4.78 is 1.88. The highest BCUT2D eigenvalue weighted by Gasteiger charge is 2.12. The quantitative estimate of drug-likeness (QED) is 0.886. The molecule has 0 saturated carbocycles. The molecule has 0 unspecified atom stereocenters. The van der Waals surface area contributed by atoms with E-state index in [1.807, 2.05) is 37.6 Å². The zero-order chi connectivity index (χ0) is 15.2. The molecule has 2 heterocycles. The molecule has 0 spiro atoms. The van der Waals surface area contributed by atoms with Gasteiger partial charge in [-0.15, -0.1) is 0 Å². The zero-order valence-corrected chi connectivity index (χ0v) is 12.7. The Labute approximate surface area is 124 Å². The van der Waals surface area contributed by atoms with E-state index >= 15 is 0 Å². The van der Waals surface area contributed by atoms with Crippen molar-refractivity contribution < 1.29 is 4.79 Å². The molecular weight excluding hydrogens is 266 g/mol. The zero-order valence-electron chi connectivity index (χ0n) is 12.7. The minimum absolute atomic E-state index is 0.203. The highest BCUT2D eigenvalue weighted by Crippen LogP contribution is 2.18. The molecule has 112 valence electrons. The number of rotatable bonds is 5. The summed E-state index contributed by atoms with van der Waals surface area (Å²) in [5, 5.41) is 10.1. The van der Waals surface area contributed by atoms with Crippen molar-refractivity contribution in [3.8, 4) is 0 Å². The number of nitrogens with zero attached hydrogens (tertiary/aromatic N) is 3. The van der Waals surface area contributed by atoms with Crippen molar-refractivity contribution in [3.63, 3.8) is 0 Å². The Hall–Kier alpha value is -2.37. The molecule has 0 bridgehead atoms. The summed E-state index contributed by atoms with van der Waals surface area (Å²) in [6.07, 6.45) is 4.28. The van der Waals surface area contributed by atoms with Crippen molar-refractivity contribution in [2.75, 3.05) is 11.9 Å². The second-order valence-corrected chi connectivity index (χ2v) is 4.85. The molecular formula is C15H21N5O. The number of carbonyl (C=O) groups excluding carboxylic acids is 1. The number of anilines is 1. The topological polar surface area (TPSA) is 71.8 Å². The average Bonchev–Trinajstić information content (AvgIpc) is 2.76. The fourth-order valence-corrected chi connectivity index (χ4v) is 2.21. The van der Waals surface area contributed by atoms with Crippen LogP contribution < -0.4 is 10.6 Å². The normalized spacial score (nSPS) is 10.4. The van der Waals surface area contributed by atoms with Crippen LogP contribution in [0.25, 0.3) is 0 Å². The Morgan fingerprint density at radius 1 is 1.29 bits per heavy atom. The second kappa shape index (κ2) is 6.88. The maximum Gasteiger partial charge on any atom is 0.319 e. The lowest BCUT2D eigenvalue weighted by atomic mass is 10.2. The van der Waals surface area contributed by atoms with Crippen LogP contribution in [-0.2, 0) is 13.0 Å². The van der Waals surface area contributed by atoms with E-state index in [0.717, 1.165) is 35.6 Å². The third-order valence-corrected chi connectivity index (χ3v) is 3.37. The first-order valence-electron chi connectivity index (χ1n) is 7.09. The number of aryl methyl sites for hydroxylation is 2. The van der Waals surface area contributed by atoms with E-state index in [9.17, 15) is 4.79 Å². The molecule has 2 aromatic rings. The van der Waals surface area contributed by atoms with Crippen LogP contribution in [0.1, 0.15) is 23.9 Å². The van der Waals surface area contributed by atoms with Gasteiger partial charge >= 0.3 is 6.03 Å². The van der Waals surface area contributed by atoms with Crippen LogP contribution >= 0.6 is 0 Å². The van der Waals surface area contributed by atoms with Gasteiger partial charge in [-0.25, -0.2) is 4.79 Å². The molecule has 6 heteroatoms. The number of aromatic nitrogens is 3.